The second-order valence-electron chi connectivity index (χ2n) is 7.03. The highest BCUT2D eigenvalue weighted by Crippen LogP contribution is 2.35. The molecule has 33 heavy (non-hydrogen) atoms. The Labute approximate surface area is 199 Å². The van der Waals surface area contributed by atoms with E-state index in [9.17, 15) is 13.2 Å². The maximum Gasteiger partial charge on any atom is 0.416 e. The van der Waals surface area contributed by atoms with E-state index in [1.807, 2.05) is 48.9 Å². The topological polar surface area (TPSA) is 70.9 Å². The first-order valence-electron chi connectivity index (χ1n) is 9.65. The largest absolute Gasteiger partial charge is 0.416 e. The van der Waals surface area contributed by atoms with Crippen molar-refractivity contribution in [3.8, 4) is 0 Å². The second kappa shape index (κ2) is 9.06. The summed E-state index contributed by atoms with van der Waals surface area (Å²) in [5.41, 5.74) is 0.663. The fraction of sp³-hybridized carbons (Fsp3) is 0.136. The number of benzene rings is 2. The molecule has 4 aromatic rings. The van der Waals surface area contributed by atoms with Gasteiger partial charge in [-0.1, -0.05) is 17.8 Å². The summed E-state index contributed by atoms with van der Waals surface area (Å²) in [6.07, 6.45) is -0.797. The number of aryl methyl sites for hydroxylation is 1. The first-order valence-corrected chi connectivity index (χ1v) is 11.3. The van der Waals surface area contributed by atoms with Crippen molar-refractivity contribution >= 4 is 68.2 Å². The number of imidazole rings is 2. The highest BCUT2D eigenvalue weighted by molar-refractivity contribution is 9.10. The predicted molar refractivity (Wildman–Crippen MR) is 130 cm³/mol. The molecule has 0 spiro atoms. The van der Waals surface area contributed by atoms with Crippen LogP contribution in [0.1, 0.15) is 12.5 Å². The van der Waals surface area contributed by atoms with Crippen LogP contribution in [0.2, 0.25) is 0 Å². The Balaban J connectivity index is 1.58. The van der Waals surface area contributed by atoms with E-state index < -0.39 is 11.7 Å². The van der Waals surface area contributed by atoms with Crippen molar-refractivity contribution in [2.45, 2.75) is 18.0 Å². The van der Waals surface area contributed by atoms with E-state index in [2.05, 4.69) is 47.9 Å². The molecule has 0 unspecified atom stereocenters. The SMILES string of the molecule is C=N/C(Sc1ccc(Nc2nc3c(Br)cc(C(F)(F)F)cc3[nH]2)cc1)=c1\c(=C/C)ncn1C. The number of aliphatic imine (C=N–C) groups is 1. The van der Waals surface area contributed by atoms with Crippen LogP contribution in [0.25, 0.3) is 22.1 Å². The summed E-state index contributed by atoms with van der Waals surface area (Å²) in [6.45, 7) is 5.61. The van der Waals surface area contributed by atoms with E-state index in [-0.39, 0.29) is 9.99 Å². The number of halogens is 4. The lowest BCUT2D eigenvalue weighted by Gasteiger charge is -2.06. The van der Waals surface area contributed by atoms with Crippen LogP contribution in [0.3, 0.4) is 0 Å². The summed E-state index contributed by atoms with van der Waals surface area (Å²) >= 11 is 4.63. The molecule has 0 fully saturated rings. The van der Waals surface area contributed by atoms with Gasteiger partial charge in [0.25, 0.3) is 0 Å². The first-order chi connectivity index (χ1) is 15.7. The number of hydrogen-bond acceptors (Lipinski definition) is 5. The lowest BCUT2D eigenvalue weighted by Crippen LogP contribution is -2.30. The normalized spacial score (nSPS) is 13.5. The van der Waals surface area contributed by atoms with Gasteiger partial charge in [-0.25, -0.2) is 9.97 Å². The number of alkyl halides is 3. The summed E-state index contributed by atoms with van der Waals surface area (Å²) in [4.78, 5) is 16.7. The average Bonchev–Trinajstić information content (AvgIpc) is 3.35. The maximum atomic E-state index is 13.1. The summed E-state index contributed by atoms with van der Waals surface area (Å²) in [7, 11) is 1.90. The van der Waals surface area contributed by atoms with Crippen LogP contribution in [-0.4, -0.2) is 26.2 Å². The third kappa shape index (κ3) is 4.83. The number of nitrogens with one attached hydrogen (secondary N) is 2. The molecule has 0 aliphatic heterocycles. The van der Waals surface area contributed by atoms with E-state index in [1.165, 1.54) is 11.8 Å². The maximum absolute atomic E-state index is 13.1. The molecule has 2 N–H and O–H groups in total. The molecular formula is C22H18BrF3N6S. The second-order valence-corrected chi connectivity index (χ2v) is 8.95. The number of H-pyrrole nitrogens is 1. The Morgan fingerprint density at radius 3 is 2.64 bits per heavy atom. The van der Waals surface area contributed by atoms with Gasteiger partial charge in [-0.2, -0.15) is 13.2 Å². The molecule has 2 heterocycles. The van der Waals surface area contributed by atoms with Crippen molar-refractivity contribution in [1.29, 1.82) is 0 Å². The first kappa shape index (κ1) is 23.1. The van der Waals surface area contributed by atoms with Crippen molar-refractivity contribution in [1.82, 2.24) is 19.5 Å². The van der Waals surface area contributed by atoms with Crippen LogP contribution >= 0.6 is 27.7 Å². The number of aromatic nitrogens is 4. The van der Waals surface area contributed by atoms with Gasteiger partial charge in [0, 0.05) is 22.1 Å². The molecule has 0 amide bonds. The minimum atomic E-state index is -4.44. The molecule has 6 nitrogen and oxygen atoms in total. The molecule has 0 bridgehead atoms. The number of anilines is 2. The Morgan fingerprint density at radius 2 is 2.00 bits per heavy atom. The van der Waals surface area contributed by atoms with E-state index in [1.54, 1.807) is 6.33 Å². The summed E-state index contributed by atoms with van der Waals surface area (Å²) in [5, 5.41) is 5.53. The van der Waals surface area contributed by atoms with Crippen LogP contribution in [0, 0.1) is 0 Å². The number of fused-ring (bicyclic) bond motifs is 1. The third-order valence-corrected chi connectivity index (χ3v) is 6.41. The quantitative estimate of drug-likeness (QED) is 0.273. The molecule has 170 valence electrons. The van der Waals surface area contributed by atoms with E-state index in [4.69, 9.17) is 0 Å². The monoisotopic (exact) mass is 534 g/mol. The van der Waals surface area contributed by atoms with Gasteiger partial charge in [0.1, 0.15) is 15.9 Å². The van der Waals surface area contributed by atoms with Gasteiger partial charge in [-0.15, -0.1) is 0 Å². The van der Waals surface area contributed by atoms with Gasteiger partial charge < -0.3 is 14.9 Å². The molecule has 11 heteroatoms. The Bertz CT molecular complexity index is 1450. The van der Waals surface area contributed by atoms with Gasteiger partial charge in [-0.05, 0) is 66.0 Å². The lowest BCUT2D eigenvalue weighted by atomic mass is 10.2. The van der Waals surface area contributed by atoms with Crippen molar-refractivity contribution in [2.75, 3.05) is 5.32 Å². The van der Waals surface area contributed by atoms with Crippen molar-refractivity contribution in [3.63, 3.8) is 0 Å². The zero-order valence-corrected chi connectivity index (χ0v) is 19.9. The Hall–Kier alpha value is -3.05. The number of rotatable bonds is 5. The zero-order chi connectivity index (χ0) is 23.8. The zero-order valence-electron chi connectivity index (χ0n) is 17.5. The summed E-state index contributed by atoms with van der Waals surface area (Å²) < 4.78 is 41.4. The van der Waals surface area contributed by atoms with Gasteiger partial charge in [-0.3, -0.25) is 4.99 Å². The van der Waals surface area contributed by atoms with Crippen molar-refractivity contribution in [2.24, 2.45) is 12.0 Å². The fourth-order valence-electron chi connectivity index (χ4n) is 3.23. The van der Waals surface area contributed by atoms with Crippen LogP contribution in [0.4, 0.5) is 24.8 Å². The number of thioether (sulfide) groups is 1. The molecule has 0 aliphatic carbocycles. The van der Waals surface area contributed by atoms with Crippen LogP contribution in [0.5, 0.6) is 0 Å². The highest BCUT2D eigenvalue weighted by atomic mass is 79.9. The lowest BCUT2D eigenvalue weighted by molar-refractivity contribution is -0.137. The highest BCUT2D eigenvalue weighted by Gasteiger charge is 2.31. The molecule has 2 aromatic heterocycles. The number of hydrogen-bond donors (Lipinski definition) is 2. The van der Waals surface area contributed by atoms with E-state index in [0.29, 0.717) is 11.5 Å². The fourth-order valence-corrected chi connectivity index (χ4v) is 4.68. The van der Waals surface area contributed by atoms with Crippen LogP contribution in [-0.2, 0) is 13.2 Å². The van der Waals surface area contributed by atoms with Gasteiger partial charge >= 0.3 is 6.18 Å². The van der Waals surface area contributed by atoms with Gasteiger partial charge in [0.15, 0.2) is 0 Å². The predicted octanol–water partition coefficient (Wildman–Crippen LogP) is 5.18. The minimum absolute atomic E-state index is 0.266. The average molecular weight is 535 g/mol. The van der Waals surface area contributed by atoms with Crippen LogP contribution < -0.4 is 16.0 Å². The van der Waals surface area contributed by atoms with E-state index >= 15 is 0 Å². The summed E-state index contributed by atoms with van der Waals surface area (Å²) in [5.74, 6) is 0.337. The minimum Gasteiger partial charge on any atom is -0.332 e. The van der Waals surface area contributed by atoms with Gasteiger partial charge in [0.05, 0.1) is 22.8 Å². The Morgan fingerprint density at radius 1 is 1.27 bits per heavy atom. The van der Waals surface area contributed by atoms with Crippen molar-refractivity contribution in [3.05, 3.63) is 63.5 Å². The third-order valence-electron chi connectivity index (χ3n) is 4.78. The standard InChI is InChI=1S/C22H18BrF3N6S/c1-4-16-19(32(3)11-28-16)20(27-2)33-14-7-5-13(6-8-14)29-21-30-17-10-12(22(24,25)26)9-15(23)18(17)31-21/h4-11H,2H2,1,3H3,(H2,29,30,31)/b16-4+,20-19-. The molecule has 0 saturated carbocycles. The molecule has 0 aliphatic rings. The Kier molecular flexibility index (Phi) is 6.35. The molecule has 0 saturated heterocycles. The molecule has 2 aromatic carbocycles. The van der Waals surface area contributed by atoms with E-state index in [0.717, 1.165) is 38.4 Å². The molecule has 0 radical (unpaired) electrons. The summed E-state index contributed by atoms with van der Waals surface area (Å²) in [6, 6.07) is 9.57. The number of aromatic amines is 1. The van der Waals surface area contributed by atoms with Crippen LogP contribution in [0.15, 0.2) is 57.1 Å². The van der Waals surface area contributed by atoms with Crippen molar-refractivity contribution < 1.29 is 13.2 Å². The number of nitrogens with zero attached hydrogens (tertiary/aromatic N) is 4. The molecular weight excluding hydrogens is 517 g/mol. The van der Waals surface area contributed by atoms with Gasteiger partial charge in [0.2, 0.25) is 5.95 Å². The molecule has 4 rings (SSSR count). The smallest absolute Gasteiger partial charge is 0.332 e. The molecule has 0 atom stereocenters.